The lowest BCUT2D eigenvalue weighted by atomic mass is 9.84. The van der Waals surface area contributed by atoms with Crippen molar-refractivity contribution in [2.24, 2.45) is 29.6 Å². The van der Waals surface area contributed by atoms with Crippen molar-refractivity contribution in [2.75, 3.05) is 13.2 Å². The molecule has 7 atom stereocenters. The molecule has 0 spiro atoms. The molecule has 300 valence electrons. The molecule has 3 saturated carbocycles. The van der Waals surface area contributed by atoms with Gasteiger partial charge in [-0.2, -0.15) is 0 Å². The number of benzene rings is 2. The zero-order valence-corrected chi connectivity index (χ0v) is 33.5. The summed E-state index contributed by atoms with van der Waals surface area (Å²) in [4.78, 5) is 81.1. The van der Waals surface area contributed by atoms with Gasteiger partial charge >= 0.3 is 24.0 Å². The summed E-state index contributed by atoms with van der Waals surface area (Å²) in [5.74, 6) is -2.66. The highest BCUT2D eigenvalue weighted by molar-refractivity contribution is 5.99. The summed E-state index contributed by atoms with van der Waals surface area (Å²) >= 11 is 0. The normalized spacial score (nSPS) is 26.4. The SMILES string of the molecule is CC(C)(C)OC(=O)C1[C@H]2CCC[C@H]2C[C@H]1C(=O)OCC(=O)c1ccc2c(c1)Cc1ccc(C(=O)COC(=O)[C@@H]3C[C@@H]4CCC[C@@H]4N3C(=O)OC(C)(C)C)cc1C2. The van der Waals surface area contributed by atoms with Gasteiger partial charge in [0.2, 0.25) is 0 Å². The molecule has 1 amide bonds. The van der Waals surface area contributed by atoms with Crippen LogP contribution in [-0.4, -0.2) is 77.0 Å². The van der Waals surface area contributed by atoms with Crippen LogP contribution in [0, 0.1) is 29.6 Å². The Morgan fingerprint density at radius 1 is 0.625 bits per heavy atom. The second-order valence-corrected chi connectivity index (χ2v) is 18.5. The van der Waals surface area contributed by atoms with E-state index in [4.69, 9.17) is 18.9 Å². The minimum atomic E-state index is -0.777. The zero-order valence-electron chi connectivity index (χ0n) is 33.5. The van der Waals surface area contributed by atoms with Crippen LogP contribution in [0.1, 0.15) is 136 Å². The Morgan fingerprint density at radius 3 is 1.77 bits per heavy atom. The molecule has 2 aromatic rings. The first kappa shape index (κ1) is 39.7. The minimum Gasteiger partial charge on any atom is -0.460 e. The highest BCUT2D eigenvalue weighted by Gasteiger charge is 2.54. The maximum atomic E-state index is 13.3. The zero-order chi connectivity index (χ0) is 40.1. The molecule has 1 aliphatic heterocycles. The Kier molecular flexibility index (Phi) is 10.9. The fourth-order valence-electron chi connectivity index (χ4n) is 9.96. The number of hydrogen-bond acceptors (Lipinski definition) is 10. The Labute approximate surface area is 329 Å². The van der Waals surface area contributed by atoms with Crippen molar-refractivity contribution in [2.45, 2.75) is 129 Å². The van der Waals surface area contributed by atoms with E-state index in [1.165, 1.54) is 0 Å². The fourth-order valence-corrected chi connectivity index (χ4v) is 9.96. The van der Waals surface area contributed by atoms with Crippen LogP contribution in [0.5, 0.6) is 0 Å². The number of rotatable bonds is 9. The highest BCUT2D eigenvalue weighted by Crippen LogP contribution is 2.52. The Balaban J connectivity index is 0.938. The second-order valence-electron chi connectivity index (χ2n) is 18.5. The topological polar surface area (TPSA) is 143 Å². The van der Waals surface area contributed by atoms with Gasteiger partial charge in [-0.25, -0.2) is 9.59 Å². The summed E-state index contributed by atoms with van der Waals surface area (Å²) in [6, 6.07) is 10.1. The van der Waals surface area contributed by atoms with Crippen LogP contribution < -0.4 is 0 Å². The highest BCUT2D eigenvalue weighted by atomic mass is 16.6. The lowest BCUT2D eigenvalue weighted by molar-refractivity contribution is -0.168. The molecule has 11 heteroatoms. The number of nitrogens with zero attached hydrogens (tertiary/aromatic N) is 1. The van der Waals surface area contributed by atoms with Crippen molar-refractivity contribution in [1.82, 2.24) is 4.90 Å². The van der Waals surface area contributed by atoms with Gasteiger partial charge in [-0.3, -0.25) is 24.1 Å². The van der Waals surface area contributed by atoms with Crippen LogP contribution in [0.4, 0.5) is 4.79 Å². The summed E-state index contributed by atoms with van der Waals surface area (Å²) in [6.07, 6.45) is 7.34. The summed E-state index contributed by atoms with van der Waals surface area (Å²) in [5, 5.41) is 0. The first-order valence-corrected chi connectivity index (χ1v) is 20.3. The first-order chi connectivity index (χ1) is 26.5. The molecule has 0 radical (unpaired) electrons. The molecule has 5 aliphatic rings. The first-order valence-electron chi connectivity index (χ1n) is 20.3. The van der Waals surface area contributed by atoms with E-state index in [-0.39, 0.29) is 41.3 Å². The van der Waals surface area contributed by atoms with Crippen molar-refractivity contribution in [1.29, 1.82) is 0 Å². The van der Waals surface area contributed by atoms with E-state index in [0.29, 0.717) is 36.8 Å². The number of fused-ring (bicyclic) bond motifs is 4. The van der Waals surface area contributed by atoms with Crippen LogP contribution in [0.15, 0.2) is 36.4 Å². The van der Waals surface area contributed by atoms with Gasteiger partial charge in [0, 0.05) is 17.2 Å². The molecule has 4 aliphatic carbocycles. The van der Waals surface area contributed by atoms with Gasteiger partial charge in [-0.15, -0.1) is 0 Å². The number of esters is 3. The number of likely N-dealkylation sites (tertiary alicyclic amines) is 1. The monoisotopic (exact) mass is 769 g/mol. The second kappa shape index (κ2) is 15.4. The van der Waals surface area contributed by atoms with Gasteiger partial charge in [-0.1, -0.05) is 43.5 Å². The Hall–Kier alpha value is -4.54. The molecule has 0 N–H and O–H groups in total. The van der Waals surface area contributed by atoms with E-state index >= 15 is 0 Å². The molecule has 7 rings (SSSR count). The summed E-state index contributed by atoms with van der Waals surface area (Å²) in [6.45, 7) is 10.0. The summed E-state index contributed by atoms with van der Waals surface area (Å²) < 4.78 is 22.5. The third kappa shape index (κ3) is 8.42. The van der Waals surface area contributed by atoms with Crippen LogP contribution in [0.3, 0.4) is 0 Å². The lowest BCUT2D eigenvalue weighted by Gasteiger charge is -2.31. The smallest absolute Gasteiger partial charge is 0.411 e. The molecule has 4 fully saturated rings. The average molecular weight is 770 g/mol. The largest absolute Gasteiger partial charge is 0.460 e. The molecule has 1 saturated heterocycles. The number of carbonyl (C=O) groups is 6. The average Bonchev–Trinajstić information content (AvgIpc) is 3.91. The van der Waals surface area contributed by atoms with Gasteiger partial charge in [0.05, 0.1) is 11.8 Å². The van der Waals surface area contributed by atoms with E-state index in [1.54, 1.807) is 37.8 Å². The van der Waals surface area contributed by atoms with E-state index < -0.39 is 60.3 Å². The van der Waals surface area contributed by atoms with Gasteiger partial charge < -0.3 is 18.9 Å². The van der Waals surface area contributed by atoms with Crippen LogP contribution in [-0.2, 0) is 46.2 Å². The maximum Gasteiger partial charge on any atom is 0.411 e. The van der Waals surface area contributed by atoms with Crippen molar-refractivity contribution in [3.05, 3.63) is 69.8 Å². The predicted molar refractivity (Wildman–Crippen MR) is 205 cm³/mol. The minimum absolute atomic E-state index is 0.0601. The van der Waals surface area contributed by atoms with Crippen LogP contribution >= 0.6 is 0 Å². The standard InChI is InChI=1S/C45H55NO10/c1-44(2,3)55-42(51)39-33-11-7-9-27(33)21-34(39)40(49)53-23-37(47)29-15-13-25-18-32-20-30(16-14-26(32)17-31(25)19-29)38(48)24-54-41(50)36-22-28-10-8-12-35(28)46(36)43(52)56-45(4,5)6/h13-16,19-20,27-28,33-36,39H,7-12,17-18,21-24H2,1-6H3/t27-,28-,33-,34+,35-,36-,39?/m0/s1. The van der Waals surface area contributed by atoms with E-state index in [9.17, 15) is 28.8 Å². The summed E-state index contributed by atoms with van der Waals surface area (Å²) in [7, 11) is 0. The summed E-state index contributed by atoms with van der Waals surface area (Å²) in [5.41, 5.74) is 3.51. The van der Waals surface area contributed by atoms with Gasteiger partial charge in [0.1, 0.15) is 17.2 Å². The molecule has 2 aromatic carbocycles. The number of ether oxygens (including phenoxy) is 4. The number of ketones is 2. The predicted octanol–water partition coefficient (Wildman–Crippen LogP) is 7.21. The van der Waals surface area contributed by atoms with Gasteiger partial charge in [-0.05, 0) is 139 Å². The van der Waals surface area contributed by atoms with Crippen LogP contribution in [0.25, 0.3) is 0 Å². The van der Waals surface area contributed by atoms with Crippen molar-refractivity contribution >= 4 is 35.6 Å². The molecule has 0 bridgehead atoms. The molecule has 0 aromatic heterocycles. The van der Waals surface area contributed by atoms with Crippen molar-refractivity contribution < 1.29 is 47.7 Å². The molecule has 1 unspecified atom stereocenters. The quantitative estimate of drug-likeness (QED) is 0.125. The Bertz CT molecular complexity index is 1780. The number of hydrogen-bond donors (Lipinski definition) is 0. The lowest BCUT2D eigenvalue weighted by Crippen LogP contribution is -2.47. The molecule has 56 heavy (non-hydrogen) atoms. The molecule has 1 heterocycles. The number of amides is 1. The van der Waals surface area contributed by atoms with Gasteiger partial charge in [0.25, 0.3) is 0 Å². The van der Waals surface area contributed by atoms with E-state index in [0.717, 1.165) is 60.8 Å². The third-order valence-corrected chi connectivity index (χ3v) is 12.4. The fraction of sp³-hybridized carbons (Fsp3) is 0.600. The number of Topliss-reactive ketones (excluding diaryl/α,β-unsaturated/α-hetero) is 2. The third-order valence-electron chi connectivity index (χ3n) is 12.4. The van der Waals surface area contributed by atoms with Crippen molar-refractivity contribution in [3.8, 4) is 0 Å². The van der Waals surface area contributed by atoms with Gasteiger partial charge in [0.15, 0.2) is 24.8 Å². The van der Waals surface area contributed by atoms with E-state index in [2.05, 4.69) is 0 Å². The Morgan fingerprint density at radius 2 is 1.18 bits per heavy atom. The van der Waals surface area contributed by atoms with E-state index in [1.807, 2.05) is 45.0 Å². The molecular formula is C45H55NO10. The van der Waals surface area contributed by atoms with Crippen molar-refractivity contribution in [3.63, 3.8) is 0 Å². The maximum absolute atomic E-state index is 13.3. The number of carbonyl (C=O) groups excluding carboxylic acids is 6. The molecular weight excluding hydrogens is 714 g/mol. The molecule has 11 nitrogen and oxygen atoms in total. The van der Waals surface area contributed by atoms with Crippen LogP contribution in [0.2, 0.25) is 0 Å².